The fourth-order valence-electron chi connectivity index (χ4n) is 3.16. The van der Waals surface area contributed by atoms with Crippen LogP contribution in [0.2, 0.25) is 0 Å². The summed E-state index contributed by atoms with van der Waals surface area (Å²) in [5.41, 5.74) is 0. The summed E-state index contributed by atoms with van der Waals surface area (Å²) in [7, 11) is 1.47. The van der Waals surface area contributed by atoms with Crippen molar-refractivity contribution in [3.8, 4) is 0 Å². The van der Waals surface area contributed by atoms with E-state index >= 15 is 0 Å². The lowest BCUT2D eigenvalue weighted by Crippen LogP contribution is -1.99. The maximum absolute atomic E-state index is 11.0. The number of hydrogen-bond acceptors (Lipinski definition) is 2. The van der Waals surface area contributed by atoms with E-state index < -0.39 is 0 Å². The lowest BCUT2D eigenvalue weighted by molar-refractivity contribution is -0.140. The van der Waals surface area contributed by atoms with Gasteiger partial charge in [0.15, 0.2) is 0 Å². The average Bonchev–Trinajstić information content (AvgIpc) is 3.20. The third kappa shape index (κ3) is 8.60. The highest BCUT2D eigenvalue weighted by atomic mass is 16.5. The summed E-state index contributed by atoms with van der Waals surface area (Å²) < 4.78 is 4.65. The Kier molecular flexibility index (Phi) is 9.78. The van der Waals surface area contributed by atoms with Crippen LogP contribution in [0.4, 0.5) is 0 Å². The molecule has 0 N–H and O–H groups in total. The first-order valence-electron chi connectivity index (χ1n) is 8.84. The van der Waals surface area contributed by atoms with E-state index in [1.807, 2.05) is 0 Å². The summed E-state index contributed by atoms with van der Waals surface area (Å²) in [6, 6.07) is 0. The van der Waals surface area contributed by atoms with E-state index in [0.29, 0.717) is 6.42 Å². The molecule has 0 heterocycles. The average molecular weight is 282 g/mol. The molecule has 0 saturated heterocycles. The maximum Gasteiger partial charge on any atom is 0.305 e. The van der Waals surface area contributed by atoms with Crippen molar-refractivity contribution in [3.63, 3.8) is 0 Å². The number of rotatable bonds is 13. The molecule has 1 aliphatic rings. The zero-order valence-electron chi connectivity index (χ0n) is 13.7. The second-order valence-corrected chi connectivity index (χ2v) is 6.49. The van der Waals surface area contributed by atoms with Crippen LogP contribution in [-0.2, 0) is 9.53 Å². The molecule has 2 nitrogen and oxygen atoms in total. The van der Waals surface area contributed by atoms with Crippen molar-refractivity contribution in [2.24, 2.45) is 11.8 Å². The minimum Gasteiger partial charge on any atom is -0.469 e. The molecule has 0 bridgehead atoms. The van der Waals surface area contributed by atoms with E-state index in [1.165, 1.54) is 77.7 Å². The van der Waals surface area contributed by atoms with Crippen molar-refractivity contribution in [1.82, 2.24) is 0 Å². The molecule has 118 valence electrons. The smallest absolute Gasteiger partial charge is 0.305 e. The lowest BCUT2D eigenvalue weighted by atomic mass is 10.0. The Morgan fingerprint density at radius 3 is 2.05 bits per heavy atom. The van der Waals surface area contributed by atoms with Crippen LogP contribution in [-0.4, -0.2) is 13.1 Å². The van der Waals surface area contributed by atoms with E-state index in [-0.39, 0.29) is 5.97 Å². The third-order valence-corrected chi connectivity index (χ3v) is 4.68. The SMILES string of the molecule is CCCCCCCCC1CC1CCCCCC(=O)OC. The number of carbonyl (C=O) groups is 1. The second kappa shape index (κ2) is 11.2. The molecule has 0 aromatic carbocycles. The van der Waals surface area contributed by atoms with E-state index in [9.17, 15) is 4.79 Å². The molecule has 0 aliphatic heterocycles. The molecule has 0 radical (unpaired) electrons. The predicted octanol–water partition coefficient (Wildman–Crippen LogP) is 5.50. The predicted molar refractivity (Wildman–Crippen MR) is 84.7 cm³/mol. The Hall–Kier alpha value is -0.530. The molecule has 1 fully saturated rings. The van der Waals surface area contributed by atoms with Crippen LogP contribution in [0.1, 0.15) is 90.4 Å². The Bertz CT molecular complexity index is 250. The molecule has 20 heavy (non-hydrogen) atoms. The molecule has 0 spiro atoms. The van der Waals surface area contributed by atoms with Crippen LogP contribution in [0, 0.1) is 11.8 Å². The van der Waals surface area contributed by atoms with Gasteiger partial charge in [-0.3, -0.25) is 4.79 Å². The van der Waals surface area contributed by atoms with Crippen LogP contribution in [0.3, 0.4) is 0 Å². The van der Waals surface area contributed by atoms with Crippen molar-refractivity contribution in [3.05, 3.63) is 0 Å². The van der Waals surface area contributed by atoms with Crippen molar-refractivity contribution in [2.45, 2.75) is 90.4 Å². The van der Waals surface area contributed by atoms with Gasteiger partial charge < -0.3 is 4.74 Å². The zero-order chi connectivity index (χ0) is 14.6. The minimum atomic E-state index is -0.0580. The van der Waals surface area contributed by atoms with Crippen molar-refractivity contribution >= 4 is 5.97 Å². The first-order chi connectivity index (χ1) is 9.77. The molecule has 1 saturated carbocycles. The van der Waals surface area contributed by atoms with Crippen LogP contribution >= 0.6 is 0 Å². The van der Waals surface area contributed by atoms with Crippen molar-refractivity contribution < 1.29 is 9.53 Å². The van der Waals surface area contributed by atoms with E-state index in [0.717, 1.165) is 18.3 Å². The van der Waals surface area contributed by atoms with E-state index in [2.05, 4.69) is 11.7 Å². The quantitative estimate of drug-likeness (QED) is 0.329. The van der Waals surface area contributed by atoms with Crippen LogP contribution in [0.5, 0.6) is 0 Å². The number of methoxy groups -OCH3 is 1. The minimum absolute atomic E-state index is 0.0580. The zero-order valence-corrected chi connectivity index (χ0v) is 13.7. The van der Waals surface area contributed by atoms with Gasteiger partial charge in [0.2, 0.25) is 0 Å². The van der Waals surface area contributed by atoms with Gasteiger partial charge in [-0.15, -0.1) is 0 Å². The Balaban J connectivity index is 1.80. The largest absolute Gasteiger partial charge is 0.469 e. The molecule has 1 rings (SSSR count). The summed E-state index contributed by atoms with van der Waals surface area (Å²) >= 11 is 0. The number of esters is 1. The molecule has 1 aliphatic carbocycles. The molecule has 0 aromatic heterocycles. The van der Waals surface area contributed by atoms with Gasteiger partial charge in [0.1, 0.15) is 0 Å². The van der Waals surface area contributed by atoms with Crippen LogP contribution in [0.25, 0.3) is 0 Å². The molecular weight excluding hydrogens is 248 g/mol. The van der Waals surface area contributed by atoms with Gasteiger partial charge in [0.05, 0.1) is 7.11 Å². The number of carbonyl (C=O) groups excluding carboxylic acids is 1. The van der Waals surface area contributed by atoms with Gasteiger partial charge in [0, 0.05) is 6.42 Å². The summed E-state index contributed by atoms with van der Waals surface area (Å²) in [5.74, 6) is 2.00. The van der Waals surface area contributed by atoms with Gasteiger partial charge in [-0.05, 0) is 24.7 Å². The van der Waals surface area contributed by atoms with Gasteiger partial charge in [-0.25, -0.2) is 0 Å². The summed E-state index contributed by atoms with van der Waals surface area (Å²) in [6.07, 6.45) is 17.0. The summed E-state index contributed by atoms with van der Waals surface area (Å²) in [5, 5.41) is 0. The highest BCUT2D eigenvalue weighted by Crippen LogP contribution is 2.45. The molecule has 0 amide bonds. The first-order valence-corrected chi connectivity index (χ1v) is 8.84. The number of hydrogen-bond donors (Lipinski definition) is 0. The van der Waals surface area contributed by atoms with Gasteiger partial charge in [0.25, 0.3) is 0 Å². The third-order valence-electron chi connectivity index (χ3n) is 4.68. The standard InChI is InChI=1S/C18H34O2/c1-3-4-5-6-7-9-12-16-15-17(16)13-10-8-11-14-18(19)20-2/h16-17H,3-15H2,1-2H3. The van der Waals surface area contributed by atoms with Crippen molar-refractivity contribution in [1.29, 1.82) is 0 Å². The van der Waals surface area contributed by atoms with Crippen LogP contribution in [0.15, 0.2) is 0 Å². The highest BCUT2D eigenvalue weighted by molar-refractivity contribution is 5.68. The van der Waals surface area contributed by atoms with Crippen LogP contribution < -0.4 is 0 Å². The van der Waals surface area contributed by atoms with Crippen molar-refractivity contribution in [2.75, 3.05) is 7.11 Å². The van der Waals surface area contributed by atoms with Gasteiger partial charge in [-0.2, -0.15) is 0 Å². The molecule has 2 unspecified atom stereocenters. The topological polar surface area (TPSA) is 26.3 Å². The lowest BCUT2D eigenvalue weighted by Gasteiger charge is -2.02. The van der Waals surface area contributed by atoms with Gasteiger partial charge >= 0.3 is 5.97 Å². The second-order valence-electron chi connectivity index (χ2n) is 6.49. The number of unbranched alkanes of at least 4 members (excludes halogenated alkanes) is 7. The summed E-state index contributed by atoms with van der Waals surface area (Å²) in [6.45, 7) is 2.28. The fraction of sp³-hybridized carbons (Fsp3) is 0.944. The molecule has 0 aromatic rings. The molecule has 2 atom stereocenters. The maximum atomic E-state index is 11.0. The highest BCUT2D eigenvalue weighted by Gasteiger charge is 2.34. The number of ether oxygens (including phenoxy) is 1. The fourth-order valence-corrected chi connectivity index (χ4v) is 3.16. The first kappa shape index (κ1) is 17.5. The molecule has 2 heteroatoms. The summed E-state index contributed by atoms with van der Waals surface area (Å²) in [4.78, 5) is 11.0. The monoisotopic (exact) mass is 282 g/mol. The van der Waals surface area contributed by atoms with E-state index in [4.69, 9.17) is 0 Å². The normalized spacial score (nSPS) is 20.9. The molecular formula is C18H34O2. The van der Waals surface area contributed by atoms with E-state index in [1.54, 1.807) is 0 Å². The van der Waals surface area contributed by atoms with Gasteiger partial charge in [-0.1, -0.05) is 71.1 Å². The Labute approximate surface area is 125 Å². The Morgan fingerprint density at radius 2 is 1.45 bits per heavy atom. The Morgan fingerprint density at radius 1 is 0.900 bits per heavy atom.